The van der Waals surface area contributed by atoms with Gasteiger partial charge >= 0.3 is 0 Å². The first-order chi connectivity index (χ1) is 10.6. The maximum Gasteiger partial charge on any atom is 0.270 e. The maximum atomic E-state index is 12.0. The Hall–Kier alpha value is -2.76. The lowest BCUT2D eigenvalue weighted by molar-refractivity contribution is 0.0945. The highest BCUT2D eigenvalue weighted by molar-refractivity contribution is 5.95. The van der Waals surface area contributed by atoms with Crippen LogP contribution in [0.2, 0.25) is 0 Å². The summed E-state index contributed by atoms with van der Waals surface area (Å²) in [4.78, 5) is 31.7. The van der Waals surface area contributed by atoms with E-state index < -0.39 is 0 Å². The van der Waals surface area contributed by atoms with Crippen molar-refractivity contribution in [1.82, 2.24) is 15.3 Å². The molecule has 1 aromatic carbocycles. The number of benzene rings is 1. The highest BCUT2D eigenvalue weighted by atomic mass is 16.2. The van der Waals surface area contributed by atoms with Gasteiger partial charge in [0.15, 0.2) is 5.78 Å². The molecule has 0 atom stereocenters. The fourth-order valence-electron chi connectivity index (χ4n) is 1.98. The van der Waals surface area contributed by atoms with Gasteiger partial charge in [-0.3, -0.25) is 9.59 Å². The molecule has 3 rings (SSSR count). The normalized spacial score (nSPS) is 13.5. The third kappa shape index (κ3) is 3.46. The summed E-state index contributed by atoms with van der Waals surface area (Å²) in [6.07, 6.45) is 3.59. The number of rotatable bonds is 5. The molecule has 1 aliphatic rings. The number of nitrogens with one attached hydrogen (secondary N) is 2. The lowest BCUT2D eigenvalue weighted by Crippen LogP contribution is -2.26. The van der Waals surface area contributed by atoms with E-state index in [0.717, 1.165) is 12.8 Å². The van der Waals surface area contributed by atoms with Gasteiger partial charge in [0.1, 0.15) is 5.69 Å². The average Bonchev–Trinajstić information content (AvgIpc) is 3.32. The molecule has 1 aromatic heterocycles. The zero-order valence-corrected chi connectivity index (χ0v) is 12.2. The molecule has 2 aromatic rings. The Morgan fingerprint density at radius 3 is 2.77 bits per heavy atom. The molecule has 0 radical (unpaired) electrons. The molecule has 1 fully saturated rings. The topological polar surface area (TPSA) is 84.0 Å². The van der Waals surface area contributed by atoms with Crippen LogP contribution in [0.25, 0.3) is 0 Å². The fraction of sp³-hybridized carbons (Fsp3) is 0.250. The largest absolute Gasteiger partial charge is 0.348 e. The summed E-state index contributed by atoms with van der Waals surface area (Å²) in [6, 6.07) is 8.92. The van der Waals surface area contributed by atoms with Gasteiger partial charge in [0.25, 0.3) is 5.91 Å². The van der Waals surface area contributed by atoms with E-state index >= 15 is 0 Å². The number of nitrogens with zero attached hydrogens (tertiary/aromatic N) is 2. The zero-order valence-electron chi connectivity index (χ0n) is 12.2. The maximum absolute atomic E-state index is 12.0. The molecule has 0 saturated heterocycles. The summed E-state index contributed by atoms with van der Waals surface area (Å²) >= 11 is 0. The van der Waals surface area contributed by atoms with Crippen LogP contribution in [0.5, 0.6) is 0 Å². The summed E-state index contributed by atoms with van der Waals surface area (Å²) in [5.74, 6) is 0.122. The molecule has 22 heavy (non-hydrogen) atoms. The van der Waals surface area contributed by atoms with Crippen molar-refractivity contribution >= 4 is 23.3 Å². The minimum absolute atomic E-state index is 0.0119. The van der Waals surface area contributed by atoms with Gasteiger partial charge in [-0.15, -0.1) is 0 Å². The number of aromatic nitrogens is 2. The summed E-state index contributed by atoms with van der Waals surface area (Å²) in [5, 5.41) is 5.89. The van der Waals surface area contributed by atoms with Crippen molar-refractivity contribution in [2.24, 2.45) is 0 Å². The molecule has 0 spiro atoms. The van der Waals surface area contributed by atoms with Gasteiger partial charge in [-0.1, -0.05) is 12.1 Å². The highest BCUT2D eigenvalue weighted by Crippen LogP contribution is 2.19. The Morgan fingerprint density at radius 1 is 1.23 bits per heavy atom. The zero-order chi connectivity index (χ0) is 15.5. The number of ketones is 1. The molecule has 1 saturated carbocycles. The number of Topliss-reactive ketones (excluding diaryl/α,β-unsaturated/α-hetero) is 1. The molecular weight excluding hydrogens is 280 g/mol. The molecule has 2 N–H and O–H groups in total. The molecule has 6 heteroatoms. The van der Waals surface area contributed by atoms with Crippen molar-refractivity contribution in [3.63, 3.8) is 0 Å². The molecule has 0 unspecified atom stereocenters. The van der Waals surface area contributed by atoms with Crippen LogP contribution in [0.4, 0.5) is 11.6 Å². The smallest absolute Gasteiger partial charge is 0.270 e. The first-order valence-electron chi connectivity index (χ1n) is 7.14. The molecule has 1 aliphatic carbocycles. The van der Waals surface area contributed by atoms with E-state index in [-0.39, 0.29) is 17.7 Å². The van der Waals surface area contributed by atoms with Gasteiger partial charge in [-0.05, 0) is 38.0 Å². The first kappa shape index (κ1) is 14.2. The van der Waals surface area contributed by atoms with Gasteiger partial charge in [0.05, 0.1) is 0 Å². The van der Waals surface area contributed by atoms with Crippen molar-refractivity contribution < 1.29 is 9.59 Å². The van der Waals surface area contributed by atoms with E-state index in [0.29, 0.717) is 22.9 Å². The number of carbonyl (C=O) groups excluding carboxylic acids is 2. The van der Waals surface area contributed by atoms with Crippen molar-refractivity contribution in [2.75, 3.05) is 5.32 Å². The Morgan fingerprint density at radius 2 is 2.05 bits per heavy atom. The second-order valence-corrected chi connectivity index (χ2v) is 5.28. The lowest BCUT2D eigenvalue weighted by Gasteiger charge is -2.07. The molecule has 0 bridgehead atoms. The second-order valence-electron chi connectivity index (χ2n) is 5.28. The minimum Gasteiger partial charge on any atom is -0.348 e. The standard InChI is InChI=1S/C16H16N4O2/c1-10(21)11-3-2-4-13(9-11)19-16-17-8-7-14(20-16)15(22)18-12-5-6-12/h2-4,7-9,12H,5-6H2,1H3,(H,18,22)(H,17,19,20). The quantitative estimate of drug-likeness (QED) is 0.827. The van der Waals surface area contributed by atoms with Crippen LogP contribution in [0.3, 0.4) is 0 Å². The van der Waals surface area contributed by atoms with Gasteiger partial charge in [0.2, 0.25) is 5.95 Å². The highest BCUT2D eigenvalue weighted by Gasteiger charge is 2.24. The van der Waals surface area contributed by atoms with Crippen LogP contribution >= 0.6 is 0 Å². The van der Waals surface area contributed by atoms with Crippen LogP contribution in [-0.2, 0) is 0 Å². The summed E-state index contributed by atoms with van der Waals surface area (Å²) in [6.45, 7) is 1.51. The van der Waals surface area contributed by atoms with Crippen molar-refractivity contribution in [1.29, 1.82) is 0 Å². The van der Waals surface area contributed by atoms with E-state index in [1.807, 2.05) is 6.07 Å². The summed E-state index contributed by atoms with van der Waals surface area (Å²) in [7, 11) is 0. The van der Waals surface area contributed by atoms with Crippen LogP contribution in [0, 0.1) is 0 Å². The number of hydrogen-bond donors (Lipinski definition) is 2. The first-order valence-corrected chi connectivity index (χ1v) is 7.14. The van der Waals surface area contributed by atoms with Gasteiger partial charge < -0.3 is 10.6 Å². The van der Waals surface area contributed by atoms with E-state index in [1.54, 1.807) is 24.3 Å². The number of hydrogen-bond acceptors (Lipinski definition) is 5. The SMILES string of the molecule is CC(=O)c1cccc(Nc2nccc(C(=O)NC3CC3)n2)c1. The van der Waals surface area contributed by atoms with Crippen molar-refractivity contribution in [3.8, 4) is 0 Å². The minimum atomic E-state index is -0.189. The predicted molar refractivity (Wildman–Crippen MR) is 82.2 cm³/mol. The van der Waals surface area contributed by atoms with Crippen molar-refractivity contribution in [3.05, 3.63) is 47.8 Å². The Labute approximate surface area is 128 Å². The third-order valence-corrected chi connectivity index (χ3v) is 3.33. The molecule has 1 amide bonds. The molecule has 112 valence electrons. The Balaban J connectivity index is 1.76. The summed E-state index contributed by atoms with van der Waals surface area (Å²) in [5.41, 5.74) is 1.63. The number of anilines is 2. The van der Waals surface area contributed by atoms with Crippen LogP contribution in [0.1, 0.15) is 40.6 Å². The van der Waals surface area contributed by atoms with E-state index in [1.165, 1.54) is 13.1 Å². The van der Waals surface area contributed by atoms with Crippen LogP contribution in [-0.4, -0.2) is 27.7 Å². The molecule has 6 nitrogen and oxygen atoms in total. The van der Waals surface area contributed by atoms with Gasteiger partial charge in [-0.25, -0.2) is 9.97 Å². The van der Waals surface area contributed by atoms with Gasteiger partial charge in [-0.2, -0.15) is 0 Å². The predicted octanol–water partition coefficient (Wildman–Crippen LogP) is 2.32. The number of carbonyl (C=O) groups is 2. The monoisotopic (exact) mass is 296 g/mol. The molecule has 0 aliphatic heterocycles. The van der Waals surface area contributed by atoms with Crippen LogP contribution < -0.4 is 10.6 Å². The van der Waals surface area contributed by atoms with E-state index in [2.05, 4.69) is 20.6 Å². The average molecular weight is 296 g/mol. The third-order valence-electron chi connectivity index (χ3n) is 3.33. The summed E-state index contributed by atoms with van der Waals surface area (Å²) < 4.78 is 0. The molecular formula is C16H16N4O2. The lowest BCUT2D eigenvalue weighted by atomic mass is 10.1. The second kappa shape index (κ2) is 5.93. The fourth-order valence-corrected chi connectivity index (χ4v) is 1.98. The van der Waals surface area contributed by atoms with E-state index in [9.17, 15) is 9.59 Å². The Kier molecular flexibility index (Phi) is 3.82. The Bertz CT molecular complexity index is 726. The number of amides is 1. The van der Waals surface area contributed by atoms with Gasteiger partial charge in [0, 0.05) is 23.5 Å². The molecule has 1 heterocycles. The van der Waals surface area contributed by atoms with Crippen molar-refractivity contribution in [2.45, 2.75) is 25.8 Å². The van der Waals surface area contributed by atoms with Crippen LogP contribution in [0.15, 0.2) is 36.5 Å². The van der Waals surface area contributed by atoms with E-state index in [4.69, 9.17) is 0 Å².